The molecule has 0 aliphatic heterocycles. The number of hydrogen-bond acceptors (Lipinski definition) is 3. The Kier molecular flexibility index (Phi) is 4.70. The number of hydrogen-bond donors (Lipinski definition) is 1. The molecule has 2 aromatic rings. The predicted molar refractivity (Wildman–Crippen MR) is 81.2 cm³/mol. The minimum atomic E-state index is -0.490. The van der Waals surface area contributed by atoms with Gasteiger partial charge in [0.05, 0.1) is 21.3 Å². The number of aromatic nitrogens is 2. The summed E-state index contributed by atoms with van der Waals surface area (Å²) < 4.78 is 0. The number of carbonyl (C=O) groups excluding carboxylic acids is 1. The van der Waals surface area contributed by atoms with Gasteiger partial charge in [0.1, 0.15) is 10.3 Å². The van der Waals surface area contributed by atoms with Gasteiger partial charge in [0.25, 0.3) is 5.91 Å². The number of aryl methyl sites for hydroxylation is 1. The van der Waals surface area contributed by atoms with Gasteiger partial charge >= 0.3 is 0 Å². The maximum absolute atomic E-state index is 12.1. The quantitative estimate of drug-likeness (QED) is 0.802. The monoisotopic (exact) mass is 349 g/mol. The van der Waals surface area contributed by atoms with Crippen molar-refractivity contribution in [2.24, 2.45) is 0 Å². The van der Waals surface area contributed by atoms with E-state index in [1.165, 1.54) is 18.2 Å². The van der Waals surface area contributed by atoms with E-state index in [2.05, 4.69) is 15.3 Å². The van der Waals surface area contributed by atoms with Gasteiger partial charge in [-0.05, 0) is 25.1 Å². The molecule has 1 amide bonds. The van der Waals surface area contributed by atoms with Gasteiger partial charge in [0, 0.05) is 0 Å². The van der Waals surface area contributed by atoms with Gasteiger partial charge in [0.15, 0.2) is 5.82 Å². The molecule has 0 aliphatic rings. The summed E-state index contributed by atoms with van der Waals surface area (Å²) in [6.45, 7) is 1.70. The van der Waals surface area contributed by atoms with Gasteiger partial charge < -0.3 is 5.32 Å². The molecular weight excluding hydrogens is 344 g/mol. The third-order valence-electron chi connectivity index (χ3n) is 2.40. The first-order valence-corrected chi connectivity index (χ1v) is 6.85. The Morgan fingerprint density at radius 1 is 1.10 bits per heavy atom. The fraction of sp³-hybridized carbons (Fsp3) is 0.0833. The first kappa shape index (κ1) is 15.3. The van der Waals surface area contributed by atoms with Gasteiger partial charge in [-0.3, -0.25) is 4.79 Å². The smallest absolute Gasteiger partial charge is 0.259 e. The van der Waals surface area contributed by atoms with Crippen molar-refractivity contribution in [2.75, 3.05) is 5.32 Å². The third-order valence-corrected chi connectivity index (χ3v) is 3.57. The molecule has 8 heteroatoms. The number of rotatable bonds is 2. The molecule has 0 aliphatic carbocycles. The zero-order chi connectivity index (χ0) is 14.9. The lowest BCUT2D eigenvalue weighted by Gasteiger charge is -2.09. The third kappa shape index (κ3) is 3.33. The average Bonchev–Trinajstić information content (AvgIpc) is 2.35. The number of nitrogens with one attached hydrogen (secondary N) is 1. The highest BCUT2D eigenvalue weighted by molar-refractivity contribution is 6.37. The molecule has 0 saturated heterocycles. The average molecular weight is 351 g/mol. The molecule has 0 fully saturated rings. The van der Waals surface area contributed by atoms with Gasteiger partial charge in [-0.25, -0.2) is 9.97 Å². The lowest BCUT2D eigenvalue weighted by atomic mass is 10.2. The second-order valence-corrected chi connectivity index (χ2v) is 5.37. The Labute approximate surface area is 135 Å². The van der Waals surface area contributed by atoms with Crippen molar-refractivity contribution in [1.29, 1.82) is 0 Å². The Morgan fingerprint density at radius 2 is 1.80 bits per heavy atom. The standard InChI is InChI=1S/C12H7Cl4N3O/c1-5-7(13)4-8(14)11(17-5)19-12(20)6-2-3-9(15)18-10(6)16/h2-4H,1H3,(H,17,19,20). The topological polar surface area (TPSA) is 54.9 Å². The van der Waals surface area contributed by atoms with Crippen LogP contribution in [0.2, 0.25) is 20.4 Å². The molecule has 2 aromatic heterocycles. The molecule has 0 atom stereocenters. The summed E-state index contributed by atoms with van der Waals surface area (Å²) in [5.74, 6) is -0.292. The molecule has 2 heterocycles. The maximum Gasteiger partial charge on any atom is 0.259 e. The van der Waals surface area contributed by atoms with Gasteiger partial charge in [-0.1, -0.05) is 46.4 Å². The lowest BCUT2D eigenvalue weighted by Crippen LogP contribution is -2.14. The largest absolute Gasteiger partial charge is 0.305 e. The fourth-order valence-corrected chi connectivity index (χ4v) is 2.24. The summed E-state index contributed by atoms with van der Waals surface area (Å²) in [4.78, 5) is 20.0. The summed E-state index contributed by atoms with van der Waals surface area (Å²) in [6, 6.07) is 4.43. The minimum Gasteiger partial charge on any atom is -0.305 e. The van der Waals surface area contributed by atoms with E-state index in [-0.39, 0.29) is 26.7 Å². The predicted octanol–water partition coefficient (Wildman–Crippen LogP) is 4.65. The molecule has 2 rings (SSSR count). The SMILES string of the molecule is Cc1nc(NC(=O)c2ccc(Cl)nc2Cl)c(Cl)cc1Cl. The Morgan fingerprint density at radius 3 is 2.45 bits per heavy atom. The number of nitrogens with zero attached hydrogens (tertiary/aromatic N) is 2. The highest BCUT2D eigenvalue weighted by Crippen LogP contribution is 2.26. The molecular formula is C12H7Cl4N3O. The van der Waals surface area contributed by atoms with Crippen LogP contribution in [0.5, 0.6) is 0 Å². The summed E-state index contributed by atoms with van der Waals surface area (Å²) >= 11 is 23.4. The molecule has 0 spiro atoms. The van der Waals surface area contributed by atoms with Crippen LogP contribution in [-0.4, -0.2) is 15.9 Å². The normalized spacial score (nSPS) is 10.4. The number of halogens is 4. The van der Waals surface area contributed by atoms with E-state index in [1.807, 2.05) is 0 Å². The van der Waals surface area contributed by atoms with Gasteiger partial charge in [0.2, 0.25) is 0 Å². The second kappa shape index (κ2) is 6.14. The highest BCUT2D eigenvalue weighted by Gasteiger charge is 2.15. The van der Waals surface area contributed by atoms with E-state index in [1.54, 1.807) is 6.92 Å². The Balaban J connectivity index is 2.30. The van der Waals surface area contributed by atoms with E-state index in [4.69, 9.17) is 46.4 Å². The number of amides is 1. The van der Waals surface area contributed by atoms with Crippen LogP contribution in [0.4, 0.5) is 5.82 Å². The van der Waals surface area contributed by atoms with E-state index < -0.39 is 5.91 Å². The van der Waals surface area contributed by atoms with Crippen molar-refractivity contribution in [2.45, 2.75) is 6.92 Å². The van der Waals surface area contributed by atoms with E-state index in [0.29, 0.717) is 10.7 Å². The van der Waals surface area contributed by atoms with Gasteiger partial charge in [-0.2, -0.15) is 0 Å². The van der Waals surface area contributed by atoms with Crippen LogP contribution in [-0.2, 0) is 0 Å². The highest BCUT2D eigenvalue weighted by atomic mass is 35.5. The Bertz CT molecular complexity index is 691. The first-order valence-electron chi connectivity index (χ1n) is 5.34. The van der Waals surface area contributed by atoms with E-state index in [9.17, 15) is 4.79 Å². The van der Waals surface area contributed by atoms with Crippen LogP contribution >= 0.6 is 46.4 Å². The van der Waals surface area contributed by atoms with Crippen molar-refractivity contribution < 1.29 is 4.79 Å². The van der Waals surface area contributed by atoms with Crippen LogP contribution in [0.1, 0.15) is 16.1 Å². The zero-order valence-electron chi connectivity index (χ0n) is 10.0. The summed E-state index contributed by atoms with van der Waals surface area (Å²) in [7, 11) is 0. The van der Waals surface area contributed by atoms with Crippen LogP contribution in [0.15, 0.2) is 18.2 Å². The van der Waals surface area contributed by atoms with E-state index >= 15 is 0 Å². The fourth-order valence-electron chi connectivity index (χ4n) is 1.40. The number of anilines is 1. The van der Waals surface area contributed by atoms with Crippen LogP contribution < -0.4 is 5.32 Å². The van der Waals surface area contributed by atoms with E-state index in [0.717, 1.165) is 0 Å². The molecule has 0 saturated carbocycles. The zero-order valence-corrected chi connectivity index (χ0v) is 13.1. The Hall–Kier alpha value is -1.07. The van der Waals surface area contributed by atoms with Crippen molar-refractivity contribution in [3.05, 3.63) is 49.8 Å². The number of carbonyl (C=O) groups is 1. The van der Waals surface area contributed by atoms with Crippen molar-refractivity contribution in [1.82, 2.24) is 9.97 Å². The summed E-state index contributed by atoms with van der Waals surface area (Å²) in [5.41, 5.74) is 0.716. The molecule has 0 bridgehead atoms. The lowest BCUT2D eigenvalue weighted by molar-refractivity contribution is 0.102. The van der Waals surface area contributed by atoms with Crippen LogP contribution in [0.3, 0.4) is 0 Å². The van der Waals surface area contributed by atoms with Crippen molar-refractivity contribution in [3.8, 4) is 0 Å². The van der Waals surface area contributed by atoms with Crippen molar-refractivity contribution in [3.63, 3.8) is 0 Å². The van der Waals surface area contributed by atoms with Crippen LogP contribution in [0.25, 0.3) is 0 Å². The number of pyridine rings is 2. The maximum atomic E-state index is 12.1. The molecule has 104 valence electrons. The van der Waals surface area contributed by atoms with Crippen LogP contribution in [0, 0.1) is 6.92 Å². The minimum absolute atomic E-state index is 0.00296. The molecule has 0 unspecified atom stereocenters. The molecule has 0 radical (unpaired) electrons. The van der Waals surface area contributed by atoms with Gasteiger partial charge in [-0.15, -0.1) is 0 Å². The molecule has 0 aromatic carbocycles. The summed E-state index contributed by atoms with van der Waals surface area (Å²) in [5, 5.41) is 3.39. The first-order chi connectivity index (χ1) is 9.38. The molecule has 20 heavy (non-hydrogen) atoms. The molecule has 4 nitrogen and oxygen atoms in total. The van der Waals surface area contributed by atoms with Crippen molar-refractivity contribution >= 4 is 58.1 Å². The summed E-state index contributed by atoms with van der Waals surface area (Å²) in [6.07, 6.45) is 0. The molecule has 1 N–H and O–H groups in total. The second-order valence-electron chi connectivity index (χ2n) is 3.81.